The van der Waals surface area contributed by atoms with Crippen LogP contribution in [-0.4, -0.2) is 40.4 Å². The number of halogens is 6. The molecule has 0 aliphatic carbocycles. The highest BCUT2D eigenvalue weighted by atomic mass is 79.9. The fraction of sp³-hybridized carbons (Fsp3) is 0.278. The molecule has 1 aliphatic heterocycles. The molecule has 1 fully saturated rings. The number of hydrogen-bond donors (Lipinski definition) is 3. The predicted octanol–water partition coefficient (Wildman–Crippen LogP) is 4.70. The van der Waals surface area contributed by atoms with Gasteiger partial charge in [-0.2, -0.15) is 4.98 Å². The summed E-state index contributed by atoms with van der Waals surface area (Å²) in [4.78, 5) is 28.7. The number of benzene rings is 1. The summed E-state index contributed by atoms with van der Waals surface area (Å²) in [7, 11) is 0. The number of nitrogens with zero attached hydrogens (tertiary/aromatic N) is 3. The number of pyridine rings is 1. The minimum atomic E-state index is -4.91. The van der Waals surface area contributed by atoms with Gasteiger partial charge in [-0.05, 0) is 46.3 Å². The van der Waals surface area contributed by atoms with E-state index >= 15 is 0 Å². The Morgan fingerprint density at radius 1 is 1.31 bits per heavy atom. The van der Waals surface area contributed by atoms with Crippen LogP contribution in [0.3, 0.4) is 0 Å². The quantitative estimate of drug-likeness (QED) is 0.394. The van der Waals surface area contributed by atoms with E-state index < -0.39 is 17.7 Å². The lowest BCUT2D eigenvalue weighted by Crippen LogP contribution is -2.28. The number of nitrogens with one attached hydrogen (secondary N) is 3. The first kappa shape index (κ1) is 22.9. The van der Waals surface area contributed by atoms with E-state index in [9.17, 15) is 18.0 Å². The molecule has 1 atom stereocenters. The van der Waals surface area contributed by atoms with Gasteiger partial charge in [0, 0.05) is 37.1 Å². The van der Waals surface area contributed by atoms with Crippen LogP contribution in [0, 0.1) is 0 Å². The molecule has 3 aromatic rings. The zero-order valence-electron chi connectivity index (χ0n) is 15.9. The molecule has 0 bridgehead atoms. The van der Waals surface area contributed by atoms with E-state index in [4.69, 9.17) is 23.4 Å². The molecule has 0 amide bonds. The second kappa shape index (κ2) is 8.93. The average Bonchev–Trinajstić information content (AvgIpc) is 3.21. The van der Waals surface area contributed by atoms with Crippen LogP contribution in [0.15, 0.2) is 33.7 Å². The van der Waals surface area contributed by atoms with Crippen LogP contribution in [-0.2, 0) is 0 Å². The van der Waals surface area contributed by atoms with Crippen LogP contribution < -0.4 is 25.3 Å². The molecule has 14 heteroatoms. The molecule has 0 radical (unpaired) electrons. The lowest BCUT2D eigenvalue weighted by Gasteiger charge is -2.19. The fourth-order valence-corrected chi connectivity index (χ4v) is 4.03. The molecule has 2 aromatic heterocycles. The molecule has 0 unspecified atom stereocenters. The van der Waals surface area contributed by atoms with Gasteiger partial charge in [0.2, 0.25) is 5.95 Å². The van der Waals surface area contributed by atoms with Crippen molar-refractivity contribution in [3.63, 3.8) is 0 Å². The first-order valence-corrected chi connectivity index (χ1v) is 10.7. The Hall–Kier alpha value is -2.28. The molecule has 0 spiro atoms. The van der Waals surface area contributed by atoms with Crippen molar-refractivity contribution in [2.24, 2.45) is 0 Å². The largest absolute Gasteiger partial charge is 0.573 e. The van der Waals surface area contributed by atoms with E-state index in [-0.39, 0.29) is 28.0 Å². The van der Waals surface area contributed by atoms with Gasteiger partial charge in [0.1, 0.15) is 17.0 Å². The lowest BCUT2D eigenvalue weighted by molar-refractivity contribution is -0.274. The van der Waals surface area contributed by atoms with Gasteiger partial charge >= 0.3 is 6.36 Å². The summed E-state index contributed by atoms with van der Waals surface area (Å²) in [6, 6.07) is 3.79. The average molecular weight is 554 g/mol. The summed E-state index contributed by atoms with van der Waals surface area (Å²) >= 11 is 14.9. The molecule has 1 saturated heterocycles. The summed E-state index contributed by atoms with van der Waals surface area (Å²) in [5, 5.41) is 2.79. The molecular weight excluding hydrogens is 540 g/mol. The molecule has 1 aromatic carbocycles. The topological polar surface area (TPSA) is 95.2 Å². The third-order valence-electron chi connectivity index (χ3n) is 4.73. The summed E-state index contributed by atoms with van der Waals surface area (Å²) in [6.07, 6.45) is -2.70. The number of aromatic amines is 1. The van der Waals surface area contributed by atoms with E-state index in [0.717, 1.165) is 12.5 Å². The van der Waals surface area contributed by atoms with Gasteiger partial charge in [0.25, 0.3) is 5.56 Å². The SMILES string of the molecule is O=c1[nH]cc(Br)c2nc(N3CC[C@@H](NCl)C3)nc(Nc3ccc(Cl)c(OC(F)(F)F)c3)c12. The number of hydrogen-bond acceptors (Lipinski definition) is 7. The van der Waals surface area contributed by atoms with Crippen molar-refractivity contribution in [3.8, 4) is 5.75 Å². The Kier molecular flexibility index (Phi) is 6.39. The molecule has 1 aliphatic rings. The van der Waals surface area contributed by atoms with E-state index in [1.165, 1.54) is 18.3 Å². The van der Waals surface area contributed by atoms with Gasteiger partial charge in [0.15, 0.2) is 0 Å². The van der Waals surface area contributed by atoms with E-state index in [2.05, 4.69) is 45.8 Å². The minimum Gasteiger partial charge on any atom is -0.404 e. The standard InChI is InChI=1S/C18H14BrCl2F3N6O2/c19-10-6-25-16(31)13-14(10)27-17(30-4-3-9(7-30)29-21)28-15(13)26-8-1-2-11(20)12(5-8)32-18(22,23)24/h1-2,5-6,9,29H,3-4,7H2,(H,25,31)(H,26,27,28)/t9-/m1/s1. The van der Waals surface area contributed by atoms with Gasteiger partial charge in [-0.3, -0.25) is 4.79 Å². The summed E-state index contributed by atoms with van der Waals surface area (Å²) in [6.45, 7) is 1.17. The number of rotatable bonds is 5. The van der Waals surface area contributed by atoms with Crippen molar-refractivity contribution in [2.75, 3.05) is 23.3 Å². The van der Waals surface area contributed by atoms with Crippen molar-refractivity contribution in [1.29, 1.82) is 0 Å². The minimum absolute atomic E-state index is 0.0355. The van der Waals surface area contributed by atoms with Crippen LogP contribution in [0.2, 0.25) is 5.02 Å². The zero-order valence-corrected chi connectivity index (χ0v) is 19.0. The Morgan fingerprint density at radius 3 is 2.78 bits per heavy atom. The second-order valence-corrected chi connectivity index (χ2v) is 8.40. The molecular formula is C18H14BrCl2F3N6O2. The molecule has 8 nitrogen and oxygen atoms in total. The van der Waals surface area contributed by atoms with Crippen LogP contribution in [0.4, 0.5) is 30.6 Å². The molecule has 32 heavy (non-hydrogen) atoms. The highest BCUT2D eigenvalue weighted by molar-refractivity contribution is 9.10. The Labute approximate surface area is 197 Å². The number of anilines is 3. The maximum absolute atomic E-state index is 12.7. The smallest absolute Gasteiger partial charge is 0.404 e. The first-order valence-electron chi connectivity index (χ1n) is 9.17. The normalized spacial score (nSPS) is 16.6. The van der Waals surface area contributed by atoms with Crippen LogP contribution in [0.5, 0.6) is 5.75 Å². The van der Waals surface area contributed by atoms with Gasteiger partial charge in [-0.25, -0.2) is 9.82 Å². The third-order valence-corrected chi connectivity index (χ3v) is 5.95. The monoisotopic (exact) mass is 552 g/mol. The first-order chi connectivity index (χ1) is 15.1. The summed E-state index contributed by atoms with van der Waals surface area (Å²) in [5.74, 6) is -0.148. The fourth-order valence-electron chi connectivity index (χ4n) is 3.29. The highest BCUT2D eigenvalue weighted by Gasteiger charge is 2.32. The van der Waals surface area contributed by atoms with Gasteiger partial charge in [-0.1, -0.05) is 11.6 Å². The number of alkyl halides is 3. The third kappa shape index (κ3) is 4.87. The number of H-pyrrole nitrogens is 1. The number of ether oxygens (including phenoxy) is 1. The molecule has 0 saturated carbocycles. The van der Waals surface area contributed by atoms with Gasteiger partial charge < -0.3 is 19.9 Å². The van der Waals surface area contributed by atoms with Gasteiger partial charge in [-0.15, -0.1) is 13.2 Å². The summed E-state index contributed by atoms with van der Waals surface area (Å²) < 4.78 is 42.5. The molecule has 4 rings (SSSR count). The molecule has 170 valence electrons. The van der Waals surface area contributed by atoms with E-state index in [0.29, 0.717) is 29.0 Å². The maximum Gasteiger partial charge on any atom is 0.573 e. The Balaban J connectivity index is 1.79. The van der Waals surface area contributed by atoms with Crippen LogP contribution in [0.1, 0.15) is 6.42 Å². The second-order valence-electron chi connectivity index (χ2n) is 6.92. The lowest BCUT2D eigenvalue weighted by atomic mass is 10.2. The zero-order chi connectivity index (χ0) is 23.0. The predicted molar refractivity (Wildman–Crippen MR) is 119 cm³/mol. The Bertz CT molecular complexity index is 1230. The van der Waals surface area contributed by atoms with E-state index in [1.54, 1.807) is 0 Å². The molecule has 3 N–H and O–H groups in total. The summed E-state index contributed by atoms with van der Waals surface area (Å²) in [5.41, 5.74) is 0.0460. The number of fused-ring (bicyclic) bond motifs is 1. The van der Waals surface area contributed by atoms with Crippen LogP contribution in [0.25, 0.3) is 10.9 Å². The van der Waals surface area contributed by atoms with Crippen LogP contribution >= 0.6 is 39.3 Å². The Morgan fingerprint density at radius 2 is 2.09 bits per heavy atom. The van der Waals surface area contributed by atoms with Crippen molar-refractivity contribution in [2.45, 2.75) is 18.8 Å². The van der Waals surface area contributed by atoms with Crippen molar-refractivity contribution < 1.29 is 17.9 Å². The van der Waals surface area contributed by atoms with Crippen molar-refractivity contribution >= 4 is 67.7 Å². The van der Waals surface area contributed by atoms with Crippen molar-refractivity contribution in [1.82, 2.24) is 19.8 Å². The van der Waals surface area contributed by atoms with Crippen molar-refractivity contribution in [3.05, 3.63) is 44.2 Å². The number of aromatic nitrogens is 3. The van der Waals surface area contributed by atoms with E-state index in [1.807, 2.05) is 4.90 Å². The molecule has 3 heterocycles. The van der Waals surface area contributed by atoms with Gasteiger partial charge in [0.05, 0.1) is 15.0 Å². The maximum atomic E-state index is 12.7. The highest BCUT2D eigenvalue weighted by Crippen LogP contribution is 2.35.